The lowest BCUT2D eigenvalue weighted by Gasteiger charge is -2.58. The highest BCUT2D eigenvalue weighted by Crippen LogP contribution is 2.55. The van der Waals surface area contributed by atoms with Gasteiger partial charge in [-0.2, -0.15) is 0 Å². The van der Waals surface area contributed by atoms with E-state index in [4.69, 9.17) is 11.5 Å². The van der Waals surface area contributed by atoms with Gasteiger partial charge in [0, 0.05) is 18.9 Å². The van der Waals surface area contributed by atoms with Gasteiger partial charge in [-0.25, -0.2) is 0 Å². The fraction of sp³-hybridized carbons (Fsp3) is 0.487. The van der Waals surface area contributed by atoms with Crippen LogP contribution in [0.4, 0.5) is 0 Å². The van der Waals surface area contributed by atoms with Gasteiger partial charge in [0.05, 0.1) is 24.9 Å². The quantitative estimate of drug-likeness (QED) is 0.184. The number of benzene rings is 3. The molecule has 4 saturated carbocycles. The zero-order valence-corrected chi connectivity index (χ0v) is 30.7. The van der Waals surface area contributed by atoms with Crippen LogP contribution >= 0.6 is 12.4 Å². The molecule has 12 heteroatoms. The standard InChI is InChI=1S/C39H49N5O5S.ClH/c1-50(49)14-13-32(40)38(47)43-39(48)34(22-24-7-3-2-4-8-24)44(36-30-17-26-15-27(19-30)20-31(36)18-26)35(45)23-42-37(46)33(41)21-25-11-12-28-9-5-6-10-29(28)16-25;/h2-12,16,26-27,30-34,36H,13-15,17-23,40-41H2,1H3,(H,42,46)(H,43,47,48);1H/t26?,27?,30?,31?,32?,33-,34-,36?,50?;/m0./s1. The van der Waals surface area contributed by atoms with E-state index in [9.17, 15) is 23.7 Å². The highest BCUT2D eigenvalue weighted by Gasteiger charge is 2.53. The number of nitrogens with two attached hydrogens (primary N) is 2. The minimum Gasteiger partial charge on any atom is -0.617 e. The molecule has 0 aromatic heterocycles. The Balaban J connectivity index is 0.00000504. The fourth-order valence-electron chi connectivity index (χ4n) is 8.87. The van der Waals surface area contributed by atoms with Gasteiger partial charge in [0.15, 0.2) is 0 Å². The number of carbonyl (C=O) groups excluding carboxylic acids is 4. The lowest BCUT2D eigenvalue weighted by Crippen LogP contribution is -2.65. The normalized spacial score (nSPS) is 24.1. The van der Waals surface area contributed by atoms with Crippen molar-refractivity contribution in [3.8, 4) is 0 Å². The van der Waals surface area contributed by atoms with Crippen molar-refractivity contribution in [2.45, 2.75) is 75.5 Å². The molecule has 0 radical (unpaired) electrons. The Morgan fingerprint density at radius 2 is 1.41 bits per heavy atom. The second-order valence-corrected chi connectivity index (χ2v) is 16.2. The van der Waals surface area contributed by atoms with Crippen molar-refractivity contribution >= 4 is 58.0 Å². The van der Waals surface area contributed by atoms with Crippen LogP contribution in [0.1, 0.15) is 49.7 Å². The van der Waals surface area contributed by atoms with Gasteiger partial charge in [-0.15, -0.1) is 12.4 Å². The summed E-state index contributed by atoms with van der Waals surface area (Å²) in [5.41, 5.74) is 14.2. The number of imide groups is 1. The lowest BCUT2D eigenvalue weighted by atomic mass is 9.53. The van der Waals surface area contributed by atoms with Crippen molar-refractivity contribution in [2.24, 2.45) is 35.1 Å². The number of hydrogen-bond donors (Lipinski definition) is 4. The van der Waals surface area contributed by atoms with Gasteiger partial charge in [0.2, 0.25) is 23.6 Å². The Bertz CT molecular complexity index is 1660. The van der Waals surface area contributed by atoms with Crippen LogP contribution in [-0.4, -0.2) is 75.8 Å². The largest absolute Gasteiger partial charge is 0.617 e. The highest BCUT2D eigenvalue weighted by molar-refractivity contribution is 7.90. The molecule has 0 spiro atoms. The van der Waals surface area contributed by atoms with Crippen LogP contribution in [0.2, 0.25) is 0 Å². The van der Waals surface area contributed by atoms with Gasteiger partial charge in [-0.3, -0.25) is 24.5 Å². The van der Waals surface area contributed by atoms with Crippen molar-refractivity contribution in [1.82, 2.24) is 15.5 Å². The van der Waals surface area contributed by atoms with E-state index in [1.165, 1.54) is 12.7 Å². The molecule has 51 heavy (non-hydrogen) atoms. The molecule has 0 heterocycles. The molecule has 274 valence electrons. The first-order chi connectivity index (χ1) is 24.0. The van der Waals surface area contributed by atoms with E-state index in [-0.39, 0.29) is 61.3 Å². The van der Waals surface area contributed by atoms with E-state index < -0.39 is 47.0 Å². The molecule has 3 aromatic carbocycles. The predicted octanol–water partition coefficient (Wildman–Crippen LogP) is 3.25. The topological polar surface area (TPSA) is 171 Å². The van der Waals surface area contributed by atoms with E-state index in [1.54, 1.807) is 4.90 Å². The first-order valence-corrected chi connectivity index (χ1v) is 19.5. The monoisotopic (exact) mass is 735 g/mol. The molecule has 0 aliphatic heterocycles. The molecule has 10 nitrogen and oxygen atoms in total. The smallest absolute Gasteiger partial charge is 0.249 e. The van der Waals surface area contributed by atoms with E-state index >= 15 is 0 Å². The van der Waals surface area contributed by atoms with Crippen LogP contribution in [0, 0.1) is 23.7 Å². The van der Waals surface area contributed by atoms with E-state index in [0.717, 1.165) is 47.6 Å². The number of nitrogens with zero attached hydrogens (tertiary/aromatic N) is 1. The number of fused-ring (bicyclic) bond motifs is 1. The number of halogens is 1. The molecule has 4 aliphatic rings. The van der Waals surface area contributed by atoms with Gasteiger partial charge in [-0.05, 0) is 84.1 Å². The molecular formula is C39H50ClN5O5S. The van der Waals surface area contributed by atoms with Gasteiger partial charge in [-0.1, -0.05) is 84.0 Å². The summed E-state index contributed by atoms with van der Waals surface area (Å²) in [5.74, 6) is -0.117. The van der Waals surface area contributed by atoms with Gasteiger partial charge < -0.3 is 26.2 Å². The van der Waals surface area contributed by atoms with E-state index in [0.29, 0.717) is 18.3 Å². The molecule has 6 N–H and O–H groups in total. The van der Waals surface area contributed by atoms with Crippen molar-refractivity contribution in [1.29, 1.82) is 0 Å². The average molecular weight is 736 g/mol. The zero-order chi connectivity index (χ0) is 35.4. The van der Waals surface area contributed by atoms with Gasteiger partial charge >= 0.3 is 0 Å². The molecule has 4 fully saturated rings. The van der Waals surface area contributed by atoms with Crippen molar-refractivity contribution < 1.29 is 23.7 Å². The molecule has 3 aromatic rings. The molecular weight excluding hydrogens is 686 g/mol. The SMILES string of the molecule is C[S+]([O-])CCC(N)C(=O)NC(=O)[C@H](Cc1ccccc1)N(C(=O)CNC(=O)[C@@H](N)Cc1ccc2ccccc2c1)C1C2CC3CC(C2)CC1C3.Cl. The van der Waals surface area contributed by atoms with Crippen LogP contribution in [0.5, 0.6) is 0 Å². The molecule has 4 bridgehead atoms. The predicted molar refractivity (Wildman–Crippen MR) is 202 cm³/mol. The van der Waals surface area contributed by atoms with Crippen molar-refractivity contribution in [3.05, 3.63) is 83.9 Å². The van der Waals surface area contributed by atoms with Crippen LogP contribution in [-0.2, 0) is 43.2 Å². The summed E-state index contributed by atoms with van der Waals surface area (Å²) in [6.07, 6.45) is 7.43. The van der Waals surface area contributed by atoms with E-state index in [2.05, 4.69) is 10.6 Å². The number of amides is 4. The van der Waals surface area contributed by atoms with Crippen molar-refractivity contribution in [3.63, 3.8) is 0 Å². The summed E-state index contributed by atoms with van der Waals surface area (Å²) in [4.78, 5) is 56.8. The highest BCUT2D eigenvalue weighted by atomic mass is 35.5. The second kappa shape index (κ2) is 17.4. The van der Waals surface area contributed by atoms with Crippen LogP contribution in [0.3, 0.4) is 0 Å². The third-order valence-corrected chi connectivity index (χ3v) is 11.8. The maximum atomic E-state index is 14.5. The second-order valence-electron chi connectivity index (χ2n) is 14.7. The number of nitrogens with one attached hydrogen (secondary N) is 2. The minimum atomic E-state index is -1.14. The third-order valence-electron chi connectivity index (χ3n) is 11.0. The van der Waals surface area contributed by atoms with Crippen LogP contribution < -0.4 is 22.1 Å². The molecule has 4 aliphatic carbocycles. The first-order valence-electron chi connectivity index (χ1n) is 17.8. The number of rotatable bonds is 14. The summed E-state index contributed by atoms with van der Waals surface area (Å²) in [7, 11) is 0. The molecule has 4 atom stereocenters. The number of hydrogen-bond acceptors (Lipinski definition) is 7. The molecule has 4 amide bonds. The first kappa shape index (κ1) is 38.7. The average Bonchev–Trinajstić information content (AvgIpc) is 3.10. The lowest BCUT2D eigenvalue weighted by molar-refractivity contribution is -0.155. The summed E-state index contributed by atoms with van der Waals surface area (Å²) in [5, 5.41) is 7.44. The number of carbonyl (C=O) groups is 4. The Hall–Kier alpha value is -3.48. The zero-order valence-electron chi connectivity index (χ0n) is 29.1. The Morgan fingerprint density at radius 1 is 0.784 bits per heavy atom. The minimum absolute atomic E-state index is 0. The van der Waals surface area contributed by atoms with Gasteiger partial charge in [0.25, 0.3) is 0 Å². The summed E-state index contributed by atoms with van der Waals surface area (Å²) < 4.78 is 11.6. The third kappa shape index (κ3) is 9.50. The van der Waals surface area contributed by atoms with Crippen LogP contribution in [0.15, 0.2) is 72.8 Å². The summed E-state index contributed by atoms with van der Waals surface area (Å²) >= 11 is -1.14. The molecule has 2 unspecified atom stereocenters. The summed E-state index contributed by atoms with van der Waals surface area (Å²) in [6.45, 7) is -0.318. The van der Waals surface area contributed by atoms with Gasteiger partial charge in [0.1, 0.15) is 11.8 Å². The Labute approximate surface area is 309 Å². The van der Waals surface area contributed by atoms with Crippen molar-refractivity contribution in [2.75, 3.05) is 18.6 Å². The Morgan fingerprint density at radius 3 is 2.06 bits per heavy atom. The summed E-state index contributed by atoms with van der Waals surface area (Å²) in [6, 6.07) is 20.3. The Kier molecular flexibility index (Phi) is 13.2. The van der Waals surface area contributed by atoms with Crippen LogP contribution in [0.25, 0.3) is 10.8 Å². The molecule has 7 rings (SSSR count). The fourth-order valence-corrected chi connectivity index (χ4v) is 9.46. The maximum Gasteiger partial charge on any atom is 0.249 e. The maximum absolute atomic E-state index is 14.5. The van der Waals surface area contributed by atoms with E-state index in [1.807, 2.05) is 72.8 Å². The molecule has 0 saturated heterocycles.